The van der Waals surface area contributed by atoms with E-state index < -0.39 is 0 Å². The molecule has 2 aromatic rings. The summed E-state index contributed by atoms with van der Waals surface area (Å²) in [6.07, 6.45) is 1.71. The van der Waals surface area contributed by atoms with Crippen LogP contribution < -0.4 is 0 Å². The number of hydrogen-bond acceptors (Lipinski definition) is 3. The molecule has 1 fully saturated rings. The Balaban J connectivity index is 1.81. The fourth-order valence-electron chi connectivity index (χ4n) is 2.61. The number of fused-ring (bicyclic) bond motifs is 1. The average Bonchev–Trinajstić information content (AvgIpc) is 2.92. The molecule has 20 heavy (non-hydrogen) atoms. The Kier molecular flexibility index (Phi) is 3.81. The number of likely N-dealkylation sites (tertiary alicyclic amines) is 1. The average molecular weight is 338 g/mol. The van der Waals surface area contributed by atoms with Crippen LogP contribution in [0.5, 0.6) is 0 Å². The third kappa shape index (κ3) is 2.47. The maximum Gasteiger partial charge on any atom is 0.289 e. The number of carbonyl (C=O) groups is 1. The first-order valence-electron chi connectivity index (χ1n) is 6.77. The third-order valence-corrected chi connectivity index (χ3v) is 4.57. The predicted octanol–water partition coefficient (Wildman–Crippen LogP) is 3.04. The number of aliphatic hydroxyl groups excluding tert-OH is 1. The fourth-order valence-corrected chi connectivity index (χ4v) is 3.07. The number of hydrogen-bond donors (Lipinski definition) is 1. The quantitative estimate of drug-likeness (QED) is 0.916. The molecule has 1 amide bonds. The minimum absolute atomic E-state index is 0.0653. The first-order valence-corrected chi connectivity index (χ1v) is 7.56. The largest absolute Gasteiger partial charge is 0.451 e. The van der Waals surface area contributed by atoms with E-state index in [2.05, 4.69) is 15.9 Å². The van der Waals surface area contributed by atoms with Crippen molar-refractivity contribution in [2.24, 2.45) is 5.92 Å². The van der Waals surface area contributed by atoms with Crippen molar-refractivity contribution in [3.05, 3.63) is 34.5 Å². The Labute approximate surface area is 125 Å². The standard InChI is InChI=1S/C15H16BrNO3/c16-12-2-1-3-13-11(12)8-14(20-13)15(19)17-6-4-10(9-18)5-7-17/h1-3,8,10,18H,4-7,9H2. The number of halogens is 1. The summed E-state index contributed by atoms with van der Waals surface area (Å²) in [6.45, 7) is 1.57. The van der Waals surface area contributed by atoms with Crippen LogP contribution in [0.4, 0.5) is 0 Å². The molecule has 1 aromatic carbocycles. The molecule has 0 unspecified atom stereocenters. The van der Waals surface area contributed by atoms with Crippen LogP contribution >= 0.6 is 15.9 Å². The van der Waals surface area contributed by atoms with E-state index in [-0.39, 0.29) is 12.5 Å². The zero-order valence-corrected chi connectivity index (χ0v) is 12.6. The molecule has 3 rings (SSSR count). The lowest BCUT2D eigenvalue weighted by Crippen LogP contribution is -2.39. The van der Waals surface area contributed by atoms with Crippen LogP contribution in [-0.4, -0.2) is 35.6 Å². The summed E-state index contributed by atoms with van der Waals surface area (Å²) in [6, 6.07) is 7.46. The monoisotopic (exact) mass is 337 g/mol. The molecule has 0 spiro atoms. The van der Waals surface area contributed by atoms with Crippen LogP contribution in [-0.2, 0) is 0 Å². The van der Waals surface area contributed by atoms with Crippen molar-refractivity contribution in [3.8, 4) is 0 Å². The Morgan fingerprint density at radius 1 is 1.40 bits per heavy atom. The molecule has 1 aliphatic rings. The van der Waals surface area contributed by atoms with Gasteiger partial charge in [0.25, 0.3) is 5.91 Å². The Morgan fingerprint density at radius 2 is 2.15 bits per heavy atom. The molecule has 0 aliphatic carbocycles. The smallest absolute Gasteiger partial charge is 0.289 e. The molecule has 1 saturated heterocycles. The van der Waals surface area contributed by atoms with Crippen molar-refractivity contribution in [2.75, 3.05) is 19.7 Å². The molecular weight excluding hydrogens is 322 g/mol. The molecule has 4 nitrogen and oxygen atoms in total. The second kappa shape index (κ2) is 5.58. The van der Waals surface area contributed by atoms with Crippen LogP contribution in [0, 0.1) is 5.92 Å². The van der Waals surface area contributed by atoms with Crippen molar-refractivity contribution in [2.45, 2.75) is 12.8 Å². The van der Waals surface area contributed by atoms with Crippen LogP contribution in [0.2, 0.25) is 0 Å². The van der Waals surface area contributed by atoms with Gasteiger partial charge in [-0.3, -0.25) is 4.79 Å². The molecule has 106 valence electrons. The number of furan rings is 1. The lowest BCUT2D eigenvalue weighted by Gasteiger charge is -2.30. The summed E-state index contributed by atoms with van der Waals surface area (Å²) < 4.78 is 6.57. The number of piperidine rings is 1. The van der Waals surface area contributed by atoms with Gasteiger partial charge in [0, 0.05) is 29.6 Å². The minimum Gasteiger partial charge on any atom is -0.451 e. The molecule has 1 aliphatic heterocycles. The van der Waals surface area contributed by atoms with Gasteiger partial charge in [0.15, 0.2) is 5.76 Å². The minimum atomic E-state index is -0.0653. The number of nitrogens with zero attached hydrogens (tertiary/aromatic N) is 1. The first-order chi connectivity index (χ1) is 9.69. The van der Waals surface area contributed by atoms with Crippen LogP contribution in [0.1, 0.15) is 23.4 Å². The van der Waals surface area contributed by atoms with Gasteiger partial charge < -0.3 is 14.4 Å². The van der Waals surface area contributed by atoms with Crippen LogP contribution in [0.3, 0.4) is 0 Å². The van der Waals surface area contributed by atoms with Gasteiger partial charge in [-0.25, -0.2) is 0 Å². The second-order valence-electron chi connectivity index (χ2n) is 5.18. The zero-order valence-electron chi connectivity index (χ0n) is 11.0. The number of aliphatic hydroxyl groups is 1. The van der Waals surface area contributed by atoms with Gasteiger partial charge in [0.2, 0.25) is 0 Å². The highest BCUT2D eigenvalue weighted by Crippen LogP contribution is 2.28. The highest BCUT2D eigenvalue weighted by atomic mass is 79.9. The van der Waals surface area contributed by atoms with Crippen LogP contribution in [0.25, 0.3) is 11.0 Å². The summed E-state index contributed by atoms with van der Waals surface area (Å²) in [5.74, 6) is 0.641. The van der Waals surface area contributed by atoms with E-state index in [0.717, 1.165) is 22.7 Å². The van der Waals surface area contributed by atoms with E-state index in [1.54, 1.807) is 11.0 Å². The number of amides is 1. The van der Waals surface area contributed by atoms with Gasteiger partial charge in [-0.15, -0.1) is 0 Å². The first kappa shape index (κ1) is 13.6. The van der Waals surface area contributed by atoms with Gasteiger partial charge in [-0.2, -0.15) is 0 Å². The molecule has 0 atom stereocenters. The topological polar surface area (TPSA) is 53.7 Å². The summed E-state index contributed by atoms with van der Waals surface area (Å²) >= 11 is 3.46. The lowest BCUT2D eigenvalue weighted by atomic mass is 9.98. The van der Waals surface area contributed by atoms with E-state index in [4.69, 9.17) is 9.52 Å². The molecule has 2 heterocycles. The molecule has 1 N–H and O–H groups in total. The second-order valence-corrected chi connectivity index (χ2v) is 6.03. The van der Waals surface area contributed by atoms with E-state index in [1.165, 1.54) is 0 Å². The molecule has 0 radical (unpaired) electrons. The highest BCUT2D eigenvalue weighted by Gasteiger charge is 2.25. The predicted molar refractivity (Wildman–Crippen MR) is 79.6 cm³/mol. The van der Waals surface area contributed by atoms with E-state index in [9.17, 15) is 4.79 Å². The summed E-state index contributed by atoms with van der Waals surface area (Å²) in [7, 11) is 0. The zero-order chi connectivity index (χ0) is 14.1. The fraction of sp³-hybridized carbons (Fsp3) is 0.400. The third-order valence-electron chi connectivity index (χ3n) is 3.88. The lowest BCUT2D eigenvalue weighted by molar-refractivity contribution is 0.0622. The Hall–Kier alpha value is -1.33. The Bertz CT molecular complexity index is 629. The summed E-state index contributed by atoms with van der Waals surface area (Å²) in [5.41, 5.74) is 0.716. The van der Waals surface area contributed by atoms with Gasteiger partial charge >= 0.3 is 0 Å². The van der Waals surface area contributed by atoms with Gasteiger partial charge in [-0.05, 0) is 37.0 Å². The number of carbonyl (C=O) groups excluding carboxylic acids is 1. The van der Waals surface area contributed by atoms with E-state index >= 15 is 0 Å². The van der Waals surface area contributed by atoms with Crippen LogP contribution in [0.15, 0.2) is 33.2 Å². The molecule has 0 saturated carbocycles. The van der Waals surface area contributed by atoms with E-state index in [1.807, 2.05) is 18.2 Å². The number of benzene rings is 1. The molecule has 5 heteroatoms. The van der Waals surface area contributed by atoms with Gasteiger partial charge in [0.05, 0.1) is 0 Å². The van der Waals surface area contributed by atoms with Gasteiger partial charge in [-0.1, -0.05) is 22.0 Å². The maximum atomic E-state index is 12.4. The maximum absolute atomic E-state index is 12.4. The van der Waals surface area contributed by atoms with Gasteiger partial charge in [0.1, 0.15) is 5.58 Å². The molecule has 0 bridgehead atoms. The molecular formula is C15H16BrNO3. The van der Waals surface area contributed by atoms with Crippen molar-refractivity contribution in [1.29, 1.82) is 0 Å². The summed E-state index contributed by atoms with van der Waals surface area (Å²) in [5, 5.41) is 10.0. The SMILES string of the molecule is O=C(c1cc2c(Br)cccc2o1)N1CCC(CO)CC1. The van der Waals surface area contributed by atoms with Crippen molar-refractivity contribution < 1.29 is 14.3 Å². The highest BCUT2D eigenvalue weighted by molar-refractivity contribution is 9.10. The van der Waals surface area contributed by atoms with E-state index in [0.29, 0.717) is 30.4 Å². The summed E-state index contributed by atoms with van der Waals surface area (Å²) in [4.78, 5) is 14.2. The molecule has 1 aromatic heterocycles. The van der Waals surface area contributed by atoms with Crippen molar-refractivity contribution in [3.63, 3.8) is 0 Å². The normalized spacial score (nSPS) is 16.8. The Morgan fingerprint density at radius 3 is 2.80 bits per heavy atom. The van der Waals surface area contributed by atoms with Crippen molar-refractivity contribution >= 4 is 32.8 Å². The number of rotatable bonds is 2. The van der Waals surface area contributed by atoms with Crippen molar-refractivity contribution in [1.82, 2.24) is 4.90 Å².